The first kappa shape index (κ1) is 12.9. The topological polar surface area (TPSA) is 42.0 Å². The fraction of sp³-hybridized carbons (Fsp3) is 0.0769. The van der Waals surface area contributed by atoms with Crippen LogP contribution in [0.5, 0.6) is 0 Å². The molecule has 0 saturated carbocycles. The van der Waals surface area contributed by atoms with E-state index >= 15 is 0 Å². The summed E-state index contributed by atoms with van der Waals surface area (Å²) >= 11 is 1.93. The molecule has 0 unspecified atom stereocenters. The number of benzene rings is 1. The molecule has 0 aliphatic heterocycles. The smallest absolute Gasteiger partial charge is 0.256 e. The number of hydrogen-bond acceptors (Lipinski definition) is 2. The van der Waals surface area contributed by atoms with Crippen molar-refractivity contribution in [1.82, 2.24) is 4.98 Å². The zero-order valence-corrected chi connectivity index (χ0v) is 11.7. The molecule has 0 aliphatic carbocycles. The van der Waals surface area contributed by atoms with Crippen molar-refractivity contribution in [3.63, 3.8) is 0 Å². The third-order valence-electron chi connectivity index (χ3n) is 2.34. The van der Waals surface area contributed by atoms with Gasteiger partial charge in [-0.25, -0.2) is 4.39 Å². The number of carbonyl (C=O) groups is 1. The highest BCUT2D eigenvalue weighted by Gasteiger charge is 2.10. The molecule has 2 aromatic rings. The highest BCUT2D eigenvalue weighted by molar-refractivity contribution is 14.1. The van der Waals surface area contributed by atoms with E-state index in [9.17, 15) is 9.18 Å². The number of hydrogen-bond donors (Lipinski definition) is 1. The highest BCUT2D eigenvalue weighted by atomic mass is 127. The molecule has 18 heavy (non-hydrogen) atoms. The zero-order chi connectivity index (χ0) is 13.1. The van der Waals surface area contributed by atoms with E-state index in [1.54, 1.807) is 12.3 Å². The molecule has 3 nitrogen and oxygen atoms in total. The first-order chi connectivity index (χ1) is 8.56. The Hall–Kier alpha value is -1.50. The van der Waals surface area contributed by atoms with Gasteiger partial charge >= 0.3 is 0 Å². The summed E-state index contributed by atoms with van der Waals surface area (Å²) in [5, 5.41) is 2.72. The molecule has 0 fully saturated rings. The monoisotopic (exact) mass is 356 g/mol. The molecule has 1 heterocycles. The lowest BCUT2D eigenvalue weighted by Crippen LogP contribution is -2.13. The summed E-state index contributed by atoms with van der Waals surface area (Å²) < 4.78 is 13.5. The number of pyridine rings is 1. The number of rotatable bonds is 2. The number of nitrogens with one attached hydrogen (secondary N) is 1. The Morgan fingerprint density at radius 3 is 2.72 bits per heavy atom. The van der Waals surface area contributed by atoms with Gasteiger partial charge in [-0.2, -0.15) is 0 Å². The van der Waals surface area contributed by atoms with Gasteiger partial charge < -0.3 is 5.32 Å². The molecule has 1 amide bonds. The van der Waals surface area contributed by atoms with E-state index in [2.05, 4.69) is 10.3 Å². The van der Waals surface area contributed by atoms with Crippen molar-refractivity contribution >= 4 is 34.2 Å². The number of nitrogens with zero attached hydrogens (tertiary/aromatic N) is 1. The number of aromatic nitrogens is 1. The second-order valence-corrected chi connectivity index (χ2v) is 4.93. The zero-order valence-electron chi connectivity index (χ0n) is 9.58. The largest absolute Gasteiger partial charge is 0.321 e. The standard InChI is InChI=1S/C13H10FIN2O/c1-8-2-4-10(7-16-8)17-13(18)11-5-3-9(14)6-12(11)15/h2-7H,1H3,(H,17,18). The molecule has 1 N–H and O–H groups in total. The molecule has 0 spiro atoms. The van der Waals surface area contributed by atoms with E-state index in [0.29, 0.717) is 14.8 Å². The number of amides is 1. The quantitative estimate of drug-likeness (QED) is 0.839. The van der Waals surface area contributed by atoms with Crippen LogP contribution >= 0.6 is 22.6 Å². The van der Waals surface area contributed by atoms with Crippen LogP contribution in [0, 0.1) is 16.3 Å². The van der Waals surface area contributed by atoms with E-state index in [1.165, 1.54) is 18.2 Å². The van der Waals surface area contributed by atoms with Crippen molar-refractivity contribution in [3.8, 4) is 0 Å². The highest BCUT2D eigenvalue weighted by Crippen LogP contribution is 2.16. The number of aryl methyl sites for hydroxylation is 1. The lowest BCUT2D eigenvalue weighted by molar-refractivity contribution is 0.102. The summed E-state index contributed by atoms with van der Waals surface area (Å²) in [7, 11) is 0. The minimum absolute atomic E-state index is 0.273. The van der Waals surface area contributed by atoms with Crippen LogP contribution in [0.1, 0.15) is 16.1 Å². The van der Waals surface area contributed by atoms with E-state index < -0.39 is 0 Å². The third-order valence-corrected chi connectivity index (χ3v) is 3.24. The Kier molecular flexibility index (Phi) is 3.90. The van der Waals surface area contributed by atoms with Crippen LogP contribution in [0.3, 0.4) is 0 Å². The minimum Gasteiger partial charge on any atom is -0.321 e. The molecule has 0 atom stereocenters. The second-order valence-electron chi connectivity index (χ2n) is 3.77. The molecular weight excluding hydrogens is 346 g/mol. The average Bonchev–Trinajstić information content (AvgIpc) is 2.32. The Bertz CT molecular complexity index is 584. The van der Waals surface area contributed by atoms with Gasteiger partial charge in [0.05, 0.1) is 17.4 Å². The Morgan fingerprint density at radius 1 is 1.33 bits per heavy atom. The fourth-order valence-electron chi connectivity index (χ4n) is 1.41. The van der Waals surface area contributed by atoms with Crippen LogP contribution in [0.4, 0.5) is 10.1 Å². The van der Waals surface area contributed by atoms with Crippen molar-refractivity contribution in [1.29, 1.82) is 0 Å². The first-order valence-electron chi connectivity index (χ1n) is 5.25. The lowest BCUT2D eigenvalue weighted by Gasteiger charge is -2.06. The van der Waals surface area contributed by atoms with E-state index in [1.807, 2.05) is 35.6 Å². The molecule has 5 heteroatoms. The van der Waals surface area contributed by atoms with Crippen LogP contribution in [-0.4, -0.2) is 10.9 Å². The molecule has 1 aromatic heterocycles. The van der Waals surface area contributed by atoms with Gasteiger partial charge in [0.15, 0.2) is 0 Å². The SMILES string of the molecule is Cc1ccc(NC(=O)c2ccc(F)cc2I)cn1. The molecule has 92 valence electrons. The Balaban J connectivity index is 2.19. The van der Waals surface area contributed by atoms with Crippen LogP contribution < -0.4 is 5.32 Å². The van der Waals surface area contributed by atoms with Crippen LogP contribution in [0.25, 0.3) is 0 Å². The number of anilines is 1. The minimum atomic E-state index is -0.354. The van der Waals surface area contributed by atoms with Crippen molar-refractivity contribution < 1.29 is 9.18 Å². The number of halogens is 2. The predicted molar refractivity (Wildman–Crippen MR) is 76.0 cm³/mol. The van der Waals surface area contributed by atoms with Crippen LogP contribution in [-0.2, 0) is 0 Å². The van der Waals surface area contributed by atoms with E-state index in [-0.39, 0.29) is 11.7 Å². The summed E-state index contributed by atoms with van der Waals surface area (Å²) in [4.78, 5) is 16.1. The maximum Gasteiger partial charge on any atom is 0.256 e. The van der Waals surface area contributed by atoms with Crippen molar-refractivity contribution in [2.45, 2.75) is 6.92 Å². The van der Waals surface area contributed by atoms with Gasteiger partial charge in [-0.15, -0.1) is 0 Å². The number of carbonyl (C=O) groups excluding carboxylic acids is 1. The molecule has 0 aliphatic rings. The molecule has 0 bridgehead atoms. The summed E-state index contributed by atoms with van der Waals surface area (Å²) in [6.45, 7) is 1.87. The first-order valence-corrected chi connectivity index (χ1v) is 6.33. The van der Waals surface area contributed by atoms with Gasteiger partial charge in [-0.05, 0) is 59.8 Å². The maximum absolute atomic E-state index is 12.9. The van der Waals surface area contributed by atoms with E-state index in [0.717, 1.165) is 5.69 Å². The predicted octanol–water partition coefficient (Wildman–Crippen LogP) is 3.39. The molecule has 0 radical (unpaired) electrons. The summed E-state index contributed by atoms with van der Waals surface area (Å²) in [5.74, 6) is -0.627. The Labute approximate surface area is 118 Å². The summed E-state index contributed by atoms with van der Waals surface area (Å²) in [5.41, 5.74) is 1.94. The maximum atomic E-state index is 12.9. The normalized spacial score (nSPS) is 10.2. The third kappa shape index (κ3) is 3.04. The van der Waals surface area contributed by atoms with Crippen molar-refractivity contribution in [2.75, 3.05) is 5.32 Å². The lowest BCUT2D eigenvalue weighted by atomic mass is 10.2. The molecular formula is C13H10FIN2O. The van der Waals surface area contributed by atoms with Crippen LogP contribution in [0.15, 0.2) is 36.5 Å². The molecule has 1 aromatic carbocycles. The second kappa shape index (κ2) is 5.43. The fourth-order valence-corrected chi connectivity index (χ4v) is 2.14. The van der Waals surface area contributed by atoms with Gasteiger partial charge in [0.25, 0.3) is 5.91 Å². The van der Waals surface area contributed by atoms with Gasteiger partial charge in [0.1, 0.15) is 5.82 Å². The van der Waals surface area contributed by atoms with Gasteiger partial charge in [0.2, 0.25) is 0 Å². The van der Waals surface area contributed by atoms with Gasteiger partial charge in [0, 0.05) is 9.26 Å². The van der Waals surface area contributed by atoms with Crippen molar-refractivity contribution in [2.24, 2.45) is 0 Å². The average molecular weight is 356 g/mol. The molecule has 2 rings (SSSR count). The van der Waals surface area contributed by atoms with E-state index in [4.69, 9.17) is 0 Å². The Morgan fingerprint density at radius 2 is 2.11 bits per heavy atom. The van der Waals surface area contributed by atoms with Crippen LogP contribution in [0.2, 0.25) is 0 Å². The van der Waals surface area contributed by atoms with Crippen molar-refractivity contribution in [3.05, 3.63) is 57.2 Å². The summed E-state index contributed by atoms with van der Waals surface area (Å²) in [6.07, 6.45) is 1.59. The van der Waals surface area contributed by atoms with Gasteiger partial charge in [-0.3, -0.25) is 9.78 Å². The summed E-state index contributed by atoms with van der Waals surface area (Å²) in [6, 6.07) is 7.64. The molecule has 0 saturated heterocycles. The van der Waals surface area contributed by atoms with Gasteiger partial charge in [-0.1, -0.05) is 0 Å².